The van der Waals surface area contributed by atoms with Gasteiger partial charge in [0.15, 0.2) is 0 Å². The van der Waals surface area contributed by atoms with Crippen molar-refractivity contribution in [1.82, 2.24) is 0 Å². The van der Waals surface area contributed by atoms with E-state index in [-0.39, 0.29) is 17.2 Å². The number of hydrogen-bond donors (Lipinski definition) is 2. The molecule has 0 aliphatic rings. The van der Waals surface area contributed by atoms with E-state index in [1.807, 2.05) is 13.0 Å². The molecule has 2 N–H and O–H groups in total. The molecule has 100 valence electrons. The number of hydrogen-bond acceptors (Lipinski definition) is 5. The van der Waals surface area contributed by atoms with E-state index in [2.05, 4.69) is 5.32 Å². The van der Waals surface area contributed by atoms with Gasteiger partial charge >= 0.3 is 0 Å². The number of nitrogens with one attached hydrogen (secondary N) is 1. The van der Waals surface area contributed by atoms with Crippen molar-refractivity contribution in [3.05, 3.63) is 33.9 Å². The minimum Gasteiger partial charge on any atom is -0.396 e. The fourth-order valence-electron chi connectivity index (χ4n) is 1.51. The summed E-state index contributed by atoms with van der Waals surface area (Å²) in [6.07, 6.45) is 0.806. The zero-order valence-electron chi connectivity index (χ0n) is 10.4. The lowest BCUT2D eigenvalue weighted by Crippen LogP contribution is -2.05. The van der Waals surface area contributed by atoms with Crippen LogP contribution in [0.5, 0.6) is 0 Å². The first-order valence-corrected chi connectivity index (χ1v) is 6.97. The number of non-ortho nitro benzene ring substituents is 1. The summed E-state index contributed by atoms with van der Waals surface area (Å²) in [5.41, 5.74) is 1.77. The number of nitro benzene ring substituents is 1. The van der Waals surface area contributed by atoms with Gasteiger partial charge in [-0.25, -0.2) is 0 Å². The van der Waals surface area contributed by atoms with E-state index >= 15 is 0 Å². The smallest absolute Gasteiger partial charge is 0.271 e. The Labute approximate surface area is 111 Å². The van der Waals surface area contributed by atoms with Crippen LogP contribution in [0.25, 0.3) is 0 Å². The number of thioether (sulfide) groups is 1. The third-order valence-corrected chi connectivity index (χ3v) is 3.37. The Hall–Kier alpha value is -1.27. The van der Waals surface area contributed by atoms with Gasteiger partial charge in [-0.2, -0.15) is 11.8 Å². The molecule has 0 bridgehead atoms. The minimum atomic E-state index is -0.381. The summed E-state index contributed by atoms with van der Waals surface area (Å²) >= 11 is 1.76. The quantitative estimate of drug-likeness (QED) is 0.431. The molecule has 0 unspecified atom stereocenters. The standard InChI is InChI=1S/C12H18N2O3S/c1-10-7-11(9-12(8-10)14(16)17)13-3-6-18-5-2-4-15/h7-9,13,15H,2-6H2,1H3. The van der Waals surface area contributed by atoms with Gasteiger partial charge in [-0.1, -0.05) is 0 Å². The lowest BCUT2D eigenvalue weighted by atomic mass is 10.2. The number of nitro groups is 1. The SMILES string of the molecule is Cc1cc(NCCSCCCO)cc([N+](=O)[O-])c1. The van der Waals surface area contributed by atoms with Crippen LogP contribution in [0.3, 0.4) is 0 Å². The maximum Gasteiger partial charge on any atom is 0.271 e. The Morgan fingerprint density at radius 2 is 2.17 bits per heavy atom. The summed E-state index contributed by atoms with van der Waals surface area (Å²) in [4.78, 5) is 10.3. The number of aliphatic hydroxyl groups excluding tert-OH is 1. The lowest BCUT2D eigenvalue weighted by Gasteiger charge is -2.07. The molecule has 0 aliphatic carbocycles. The normalized spacial score (nSPS) is 10.3. The van der Waals surface area contributed by atoms with Crippen molar-refractivity contribution in [3.63, 3.8) is 0 Å². The Morgan fingerprint density at radius 3 is 2.83 bits per heavy atom. The molecular weight excluding hydrogens is 252 g/mol. The molecule has 0 fully saturated rings. The van der Waals surface area contributed by atoms with E-state index in [1.54, 1.807) is 23.9 Å². The average molecular weight is 270 g/mol. The fraction of sp³-hybridized carbons (Fsp3) is 0.500. The molecule has 0 spiro atoms. The van der Waals surface area contributed by atoms with Gasteiger partial charge in [-0.3, -0.25) is 10.1 Å². The molecule has 0 aromatic heterocycles. The predicted molar refractivity (Wildman–Crippen MR) is 75.4 cm³/mol. The molecule has 6 heteroatoms. The molecule has 0 saturated heterocycles. The van der Waals surface area contributed by atoms with Crippen molar-refractivity contribution >= 4 is 23.1 Å². The molecule has 0 atom stereocenters. The summed E-state index contributed by atoms with van der Waals surface area (Å²) in [6.45, 7) is 2.83. The largest absolute Gasteiger partial charge is 0.396 e. The van der Waals surface area contributed by atoms with Crippen LogP contribution >= 0.6 is 11.8 Å². The molecule has 0 amide bonds. The highest BCUT2D eigenvalue weighted by Crippen LogP contribution is 2.20. The Kier molecular flexibility index (Phi) is 6.53. The molecule has 0 heterocycles. The minimum absolute atomic E-state index is 0.116. The van der Waals surface area contributed by atoms with E-state index in [1.165, 1.54) is 0 Å². The van der Waals surface area contributed by atoms with E-state index in [0.717, 1.165) is 35.7 Å². The van der Waals surface area contributed by atoms with Crippen molar-refractivity contribution in [1.29, 1.82) is 0 Å². The maximum atomic E-state index is 10.7. The third kappa shape index (κ3) is 5.37. The second kappa shape index (κ2) is 7.94. The van der Waals surface area contributed by atoms with E-state index in [4.69, 9.17) is 5.11 Å². The number of aliphatic hydroxyl groups is 1. The van der Waals surface area contributed by atoms with E-state index in [0.29, 0.717) is 0 Å². The van der Waals surface area contributed by atoms with Crippen LogP contribution in [0.15, 0.2) is 18.2 Å². The van der Waals surface area contributed by atoms with Gasteiger partial charge in [0.05, 0.1) is 4.92 Å². The van der Waals surface area contributed by atoms with Crippen LogP contribution in [0.1, 0.15) is 12.0 Å². The average Bonchev–Trinajstić information content (AvgIpc) is 2.33. The van der Waals surface area contributed by atoms with Crippen LogP contribution in [0.4, 0.5) is 11.4 Å². The van der Waals surface area contributed by atoms with Crippen molar-refractivity contribution in [2.45, 2.75) is 13.3 Å². The monoisotopic (exact) mass is 270 g/mol. The summed E-state index contributed by atoms with van der Waals surface area (Å²) in [6, 6.07) is 5.00. The highest BCUT2D eigenvalue weighted by atomic mass is 32.2. The molecule has 0 radical (unpaired) electrons. The number of nitrogens with zero attached hydrogens (tertiary/aromatic N) is 1. The van der Waals surface area contributed by atoms with Crippen molar-refractivity contribution in [3.8, 4) is 0 Å². The number of anilines is 1. The van der Waals surface area contributed by atoms with Gasteiger partial charge in [-0.05, 0) is 30.7 Å². The van der Waals surface area contributed by atoms with Crippen LogP contribution < -0.4 is 5.32 Å². The second-order valence-corrected chi connectivity index (χ2v) is 5.16. The van der Waals surface area contributed by atoms with Crippen LogP contribution in [-0.4, -0.2) is 34.7 Å². The van der Waals surface area contributed by atoms with Gasteiger partial charge in [-0.15, -0.1) is 0 Å². The van der Waals surface area contributed by atoms with Crippen molar-refractivity contribution in [2.75, 3.05) is 30.0 Å². The Morgan fingerprint density at radius 1 is 1.39 bits per heavy atom. The van der Waals surface area contributed by atoms with E-state index in [9.17, 15) is 10.1 Å². The first-order valence-electron chi connectivity index (χ1n) is 5.82. The highest BCUT2D eigenvalue weighted by Gasteiger charge is 2.07. The topological polar surface area (TPSA) is 75.4 Å². The first-order chi connectivity index (χ1) is 8.63. The van der Waals surface area contributed by atoms with Crippen molar-refractivity contribution in [2.24, 2.45) is 0 Å². The first kappa shape index (κ1) is 14.8. The van der Waals surface area contributed by atoms with Crippen LogP contribution in [0, 0.1) is 17.0 Å². The molecule has 1 rings (SSSR count). The van der Waals surface area contributed by atoms with E-state index < -0.39 is 0 Å². The summed E-state index contributed by atoms with van der Waals surface area (Å²) < 4.78 is 0. The van der Waals surface area contributed by atoms with Gasteiger partial charge in [0.25, 0.3) is 5.69 Å². The van der Waals surface area contributed by atoms with Gasteiger partial charge in [0.1, 0.15) is 0 Å². The third-order valence-electron chi connectivity index (χ3n) is 2.30. The van der Waals surface area contributed by atoms with Gasteiger partial charge in [0, 0.05) is 36.7 Å². The molecule has 1 aromatic rings. The summed E-state index contributed by atoms with van der Waals surface area (Å²) in [5, 5.41) is 22.5. The van der Waals surface area contributed by atoms with Crippen LogP contribution in [-0.2, 0) is 0 Å². The fourth-order valence-corrected chi connectivity index (χ4v) is 2.29. The number of aryl methyl sites for hydroxylation is 1. The maximum absolute atomic E-state index is 10.7. The molecule has 1 aromatic carbocycles. The lowest BCUT2D eigenvalue weighted by molar-refractivity contribution is -0.384. The highest BCUT2D eigenvalue weighted by molar-refractivity contribution is 7.99. The Balaban J connectivity index is 2.40. The number of benzene rings is 1. The van der Waals surface area contributed by atoms with Gasteiger partial charge in [0.2, 0.25) is 0 Å². The molecule has 0 aliphatic heterocycles. The van der Waals surface area contributed by atoms with Crippen LogP contribution in [0.2, 0.25) is 0 Å². The Bertz CT molecular complexity index is 399. The zero-order valence-corrected chi connectivity index (χ0v) is 11.2. The zero-order chi connectivity index (χ0) is 13.4. The van der Waals surface area contributed by atoms with Crippen molar-refractivity contribution < 1.29 is 10.0 Å². The van der Waals surface area contributed by atoms with Gasteiger partial charge < -0.3 is 10.4 Å². The second-order valence-electron chi connectivity index (χ2n) is 3.93. The predicted octanol–water partition coefficient (Wildman–Crippen LogP) is 2.43. The number of rotatable bonds is 8. The molecule has 0 saturated carbocycles. The molecule has 18 heavy (non-hydrogen) atoms. The summed E-state index contributed by atoms with van der Waals surface area (Å²) in [7, 11) is 0. The molecular formula is C12H18N2O3S. The molecule has 5 nitrogen and oxygen atoms in total. The summed E-state index contributed by atoms with van der Waals surface area (Å²) in [5.74, 6) is 1.86.